The van der Waals surface area contributed by atoms with E-state index in [1.54, 1.807) is 0 Å². The van der Waals surface area contributed by atoms with Gasteiger partial charge in [0.05, 0.1) is 5.75 Å². The van der Waals surface area contributed by atoms with Crippen LogP contribution in [0.4, 0.5) is 0 Å². The number of piperidine rings is 1. The number of rotatable bonds is 7. The van der Waals surface area contributed by atoms with E-state index in [4.69, 9.17) is 9.47 Å². The Morgan fingerprint density at radius 1 is 1.23 bits per heavy atom. The van der Waals surface area contributed by atoms with Gasteiger partial charge >= 0.3 is 0 Å². The summed E-state index contributed by atoms with van der Waals surface area (Å²) < 4.78 is 36.6. The fourth-order valence-corrected chi connectivity index (χ4v) is 4.92. The van der Waals surface area contributed by atoms with Gasteiger partial charge in [-0.3, -0.25) is 4.79 Å². The van der Waals surface area contributed by atoms with E-state index in [-0.39, 0.29) is 24.4 Å². The average molecular weight is 382 g/mol. The fourth-order valence-electron chi connectivity index (χ4n) is 3.24. The van der Waals surface area contributed by atoms with Gasteiger partial charge in [0.15, 0.2) is 11.5 Å². The van der Waals surface area contributed by atoms with Crippen LogP contribution in [-0.2, 0) is 21.4 Å². The number of fused-ring (bicyclic) bond motifs is 1. The van der Waals surface area contributed by atoms with Crippen molar-refractivity contribution in [3.8, 4) is 11.5 Å². The topological polar surface area (TPSA) is 84.9 Å². The molecule has 1 amide bonds. The molecule has 2 aliphatic heterocycles. The van der Waals surface area contributed by atoms with Crippen molar-refractivity contribution >= 4 is 15.9 Å². The number of nitrogens with zero attached hydrogens (tertiary/aromatic N) is 1. The first-order valence-corrected chi connectivity index (χ1v) is 10.7. The van der Waals surface area contributed by atoms with Crippen molar-refractivity contribution < 1.29 is 22.7 Å². The van der Waals surface area contributed by atoms with Gasteiger partial charge in [0.25, 0.3) is 0 Å². The van der Waals surface area contributed by atoms with E-state index in [0.717, 1.165) is 17.7 Å². The molecule has 26 heavy (non-hydrogen) atoms. The van der Waals surface area contributed by atoms with Crippen molar-refractivity contribution in [1.82, 2.24) is 9.62 Å². The number of ether oxygens (including phenoxy) is 2. The Morgan fingerprint density at radius 3 is 2.69 bits per heavy atom. The summed E-state index contributed by atoms with van der Waals surface area (Å²) in [6.07, 6.45) is 2.67. The van der Waals surface area contributed by atoms with Crippen LogP contribution in [0.3, 0.4) is 0 Å². The first-order chi connectivity index (χ1) is 12.5. The molecule has 1 N–H and O–H groups in total. The summed E-state index contributed by atoms with van der Waals surface area (Å²) in [7, 11) is -3.18. The Hall–Kier alpha value is -1.80. The van der Waals surface area contributed by atoms with Crippen LogP contribution in [0, 0.1) is 5.92 Å². The van der Waals surface area contributed by atoms with E-state index in [9.17, 15) is 13.2 Å². The van der Waals surface area contributed by atoms with Crippen molar-refractivity contribution in [2.75, 3.05) is 25.6 Å². The molecule has 0 unspecified atom stereocenters. The number of hydrogen-bond donors (Lipinski definition) is 1. The average Bonchev–Trinajstić information content (AvgIpc) is 3.12. The third-order valence-electron chi connectivity index (χ3n) is 4.88. The maximum Gasteiger partial charge on any atom is 0.231 e. The Morgan fingerprint density at radius 2 is 1.96 bits per heavy atom. The zero-order chi connectivity index (χ0) is 18.6. The van der Waals surface area contributed by atoms with Gasteiger partial charge in [-0.15, -0.1) is 0 Å². The predicted molar refractivity (Wildman–Crippen MR) is 97.4 cm³/mol. The minimum atomic E-state index is -3.18. The summed E-state index contributed by atoms with van der Waals surface area (Å²) in [6.45, 7) is 3.48. The normalized spacial score (nSPS) is 18.0. The largest absolute Gasteiger partial charge is 0.454 e. The van der Waals surface area contributed by atoms with E-state index in [1.807, 2.05) is 25.1 Å². The second-order valence-electron chi connectivity index (χ2n) is 6.75. The summed E-state index contributed by atoms with van der Waals surface area (Å²) >= 11 is 0. The van der Waals surface area contributed by atoms with E-state index < -0.39 is 10.0 Å². The summed E-state index contributed by atoms with van der Waals surface area (Å²) in [5.41, 5.74) is 0.946. The molecular weight excluding hydrogens is 356 g/mol. The molecule has 1 fully saturated rings. The Kier molecular flexibility index (Phi) is 6.03. The molecule has 0 atom stereocenters. The number of hydrogen-bond acceptors (Lipinski definition) is 5. The van der Waals surface area contributed by atoms with Crippen molar-refractivity contribution in [2.45, 2.75) is 39.2 Å². The van der Waals surface area contributed by atoms with E-state index in [1.165, 1.54) is 4.31 Å². The molecule has 0 aromatic heterocycles. The molecule has 0 saturated carbocycles. The minimum Gasteiger partial charge on any atom is -0.454 e. The quantitative estimate of drug-likeness (QED) is 0.778. The van der Waals surface area contributed by atoms with Crippen LogP contribution >= 0.6 is 0 Å². The summed E-state index contributed by atoms with van der Waals surface area (Å²) in [5.74, 6) is 1.46. The van der Waals surface area contributed by atoms with Gasteiger partial charge in [-0.2, -0.15) is 0 Å². The molecule has 144 valence electrons. The highest BCUT2D eigenvalue weighted by molar-refractivity contribution is 7.89. The third kappa shape index (κ3) is 4.48. The Labute approximate surface area is 154 Å². The summed E-state index contributed by atoms with van der Waals surface area (Å²) in [6, 6.07) is 5.60. The summed E-state index contributed by atoms with van der Waals surface area (Å²) in [4.78, 5) is 12.4. The fraction of sp³-hybridized carbons (Fsp3) is 0.611. The molecule has 1 saturated heterocycles. The molecule has 0 spiro atoms. The minimum absolute atomic E-state index is 0.0201. The summed E-state index contributed by atoms with van der Waals surface area (Å²) in [5, 5.41) is 2.94. The van der Waals surface area contributed by atoms with Gasteiger partial charge in [-0.25, -0.2) is 12.7 Å². The molecule has 0 bridgehead atoms. The van der Waals surface area contributed by atoms with Gasteiger partial charge in [-0.05, 0) is 37.0 Å². The second kappa shape index (κ2) is 8.26. The lowest BCUT2D eigenvalue weighted by Crippen LogP contribution is -2.43. The first-order valence-electron chi connectivity index (χ1n) is 9.13. The molecule has 2 aliphatic rings. The van der Waals surface area contributed by atoms with Crippen molar-refractivity contribution in [2.24, 2.45) is 5.92 Å². The van der Waals surface area contributed by atoms with Crippen molar-refractivity contribution in [3.63, 3.8) is 0 Å². The van der Waals surface area contributed by atoms with E-state index in [0.29, 0.717) is 44.6 Å². The lowest BCUT2D eigenvalue weighted by Gasteiger charge is -2.30. The lowest BCUT2D eigenvalue weighted by atomic mass is 9.97. The van der Waals surface area contributed by atoms with Crippen LogP contribution in [0.5, 0.6) is 11.5 Å². The Balaban J connectivity index is 1.46. The molecule has 0 radical (unpaired) electrons. The maximum absolute atomic E-state index is 12.4. The smallest absolute Gasteiger partial charge is 0.231 e. The number of carbonyl (C=O) groups excluding carboxylic acids is 1. The predicted octanol–water partition coefficient (Wildman–Crippen LogP) is 1.87. The molecule has 0 aliphatic carbocycles. The van der Waals surface area contributed by atoms with Gasteiger partial charge in [0.2, 0.25) is 22.7 Å². The lowest BCUT2D eigenvalue weighted by molar-refractivity contribution is -0.126. The maximum atomic E-state index is 12.4. The molecule has 2 heterocycles. The van der Waals surface area contributed by atoms with Crippen LogP contribution in [0.2, 0.25) is 0 Å². The second-order valence-corrected chi connectivity index (χ2v) is 8.84. The number of amides is 1. The highest BCUT2D eigenvalue weighted by atomic mass is 32.2. The Bertz CT molecular complexity index is 742. The van der Waals surface area contributed by atoms with Crippen molar-refractivity contribution in [3.05, 3.63) is 23.8 Å². The standard InChI is InChI=1S/C18H26N2O5S/c1-2-3-10-26(22,23)20-8-6-15(7-9-20)18(21)19-12-14-4-5-16-17(11-14)25-13-24-16/h4-5,11,15H,2-3,6-10,12-13H2,1H3,(H,19,21). The third-order valence-corrected chi connectivity index (χ3v) is 6.83. The number of benzene rings is 1. The van der Waals surface area contributed by atoms with Crippen LogP contribution in [0.25, 0.3) is 0 Å². The molecule has 1 aromatic rings. The van der Waals surface area contributed by atoms with Gasteiger partial charge in [0.1, 0.15) is 0 Å². The first kappa shape index (κ1) is 19.0. The molecule has 8 heteroatoms. The zero-order valence-corrected chi connectivity index (χ0v) is 15.9. The monoisotopic (exact) mass is 382 g/mol. The number of unbranched alkanes of at least 4 members (excludes halogenated alkanes) is 1. The van der Waals surface area contributed by atoms with Crippen LogP contribution < -0.4 is 14.8 Å². The van der Waals surface area contributed by atoms with E-state index in [2.05, 4.69) is 5.32 Å². The molecule has 7 nitrogen and oxygen atoms in total. The SMILES string of the molecule is CCCCS(=O)(=O)N1CCC(C(=O)NCc2ccc3c(c2)OCO3)CC1. The molecule has 3 rings (SSSR count). The zero-order valence-electron chi connectivity index (χ0n) is 15.1. The number of carbonyl (C=O) groups is 1. The van der Waals surface area contributed by atoms with Gasteiger partial charge in [-0.1, -0.05) is 19.4 Å². The van der Waals surface area contributed by atoms with Crippen LogP contribution in [0.1, 0.15) is 38.2 Å². The highest BCUT2D eigenvalue weighted by Gasteiger charge is 2.30. The number of nitrogens with one attached hydrogen (secondary N) is 1. The van der Waals surface area contributed by atoms with Crippen LogP contribution in [0.15, 0.2) is 18.2 Å². The highest BCUT2D eigenvalue weighted by Crippen LogP contribution is 2.32. The molecular formula is C18H26N2O5S. The van der Waals surface area contributed by atoms with Gasteiger partial charge in [0, 0.05) is 25.6 Å². The van der Waals surface area contributed by atoms with Crippen molar-refractivity contribution in [1.29, 1.82) is 0 Å². The number of sulfonamides is 1. The van der Waals surface area contributed by atoms with Gasteiger partial charge < -0.3 is 14.8 Å². The molecule has 1 aromatic carbocycles. The van der Waals surface area contributed by atoms with Crippen LogP contribution in [-0.4, -0.2) is 44.3 Å². The van der Waals surface area contributed by atoms with E-state index >= 15 is 0 Å².